The Labute approximate surface area is 452 Å². The maximum atomic E-state index is 12.4. The minimum absolute atomic E-state index is 0.0510. The first-order chi connectivity index (χ1) is 30.4. The van der Waals surface area contributed by atoms with E-state index in [4.69, 9.17) is 23.2 Å². The molecule has 0 spiro atoms. The van der Waals surface area contributed by atoms with E-state index < -0.39 is 51.6 Å². The molecule has 16 heteroatoms. The van der Waals surface area contributed by atoms with Crippen molar-refractivity contribution in [3.63, 3.8) is 0 Å². The van der Waals surface area contributed by atoms with Gasteiger partial charge in [-0.15, -0.1) is 0 Å². The summed E-state index contributed by atoms with van der Waals surface area (Å²) in [6.45, 7) is 0. The molecule has 8 rings (SSSR count). The molecule has 0 N–H and O–H groups in total. The first-order valence-corrected chi connectivity index (χ1v) is 25.1. The third-order valence-electron chi connectivity index (χ3n) is 6.55. The number of hydrogen-bond acceptors (Lipinski definition) is 0. The van der Waals surface area contributed by atoms with Crippen LogP contribution < -0.4 is 6.54 Å². The van der Waals surface area contributed by atoms with Gasteiger partial charge in [-0.2, -0.15) is 0 Å². The van der Waals surface area contributed by atoms with E-state index >= 15 is 0 Å². The van der Waals surface area contributed by atoms with Gasteiger partial charge in [0.15, 0.2) is 0 Å². The van der Waals surface area contributed by atoms with E-state index in [0.29, 0.717) is 0 Å². The van der Waals surface area contributed by atoms with Gasteiger partial charge >= 0.3 is 125 Å². The zero-order valence-electron chi connectivity index (χ0n) is 32.5. The molecule has 336 valence electrons. The van der Waals surface area contributed by atoms with Crippen molar-refractivity contribution in [2.24, 2.45) is 0 Å². The van der Waals surface area contributed by atoms with Crippen molar-refractivity contribution >= 4 is 107 Å². The predicted octanol–water partition coefficient (Wildman–Crippen LogP) is 17.0. The predicted molar refractivity (Wildman–Crippen MR) is 261 cm³/mol. The van der Waals surface area contributed by atoms with Crippen molar-refractivity contribution in [1.29, 1.82) is 0 Å². The Kier molecular flexibility index (Phi) is 33.8. The molecule has 8 aromatic carbocycles. The van der Waals surface area contributed by atoms with Crippen LogP contribution in [-0.2, 0) is 0 Å². The Morgan fingerprint density at radius 2 is 0.672 bits per heavy atom. The fourth-order valence-corrected chi connectivity index (χ4v) is 6.24. The van der Waals surface area contributed by atoms with Crippen LogP contribution in [0.25, 0.3) is 0 Å². The maximum absolute atomic E-state index is 12.4. The van der Waals surface area contributed by atoms with E-state index in [0.717, 1.165) is 46.3 Å². The van der Waals surface area contributed by atoms with Gasteiger partial charge in [0, 0.05) is 13.1 Å². The van der Waals surface area contributed by atoms with Gasteiger partial charge in [0.1, 0.15) is 39.9 Å². The zero-order valence-corrected chi connectivity index (χ0v) is 47.4. The van der Waals surface area contributed by atoms with E-state index in [9.17, 15) is 35.1 Å². The van der Waals surface area contributed by atoms with Crippen LogP contribution in [0, 0.1) is 103 Å². The van der Waals surface area contributed by atoms with Crippen molar-refractivity contribution in [2.45, 2.75) is 0 Å². The molecule has 0 aromatic heterocycles. The van der Waals surface area contributed by atoms with Gasteiger partial charge in [0.25, 0.3) is 0 Å². The van der Waals surface area contributed by atoms with Gasteiger partial charge < -0.3 is 0 Å². The Balaban J connectivity index is 0.000000367. The van der Waals surface area contributed by atoms with Crippen LogP contribution in [0.15, 0.2) is 203 Å². The molecule has 0 nitrogen and oxygen atoms in total. The number of rotatable bonds is 0. The van der Waals surface area contributed by atoms with Crippen LogP contribution in [0.3, 0.4) is 0 Å². The van der Waals surface area contributed by atoms with Gasteiger partial charge in [0.2, 0.25) is 0 Å². The summed E-state index contributed by atoms with van der Waals surface area (Å²) in [6, 6.07) is 54.8. The SMILES string of the molecule is Brc1ccccc1.Clc1ccccc1.Fc1cccc(F)c1Br.Fc1cccc(F)c1Cl.Fc1cccc(F)c1I.Fc1cccc(F)c1[At].Ic1ccccc1.[At]c1ccccc1. The van der Waals surface area contributed by atoms with Crippen molar-refractivity contribution in [1.82, 2.24) is 0 Å². The molecule has 0 amide bonds. The molecule has 0 bridgehead atoms. The molecule has 64 heavy (non-hydrogen) atoms. The molecule has 0 fully saturated rings. The van der Waals surface area contributed by atoms with E-state index in [2.05, 4.69) is 90.8 Å². The van der Waals surface area contributed by atoms with Crippen LogP contribution in [0.4, 0.5) is 35.1 Å². The Morgan fingerprint density at radius 1 is 0.359 bits per heavy atom. The minimum atomic E-state index is -0.725. The van der Waals surface area contributed by atoms with Gasteiger partial charge in [-0.3, -0.25) is 0 Å². The zero-order chi connectivity index (χ0) is 47.9. The second-order valence-electron chi connectivity index (χ2n) is 11.3. The van der Waals surface area contributed by atoms with Crippen LogP contribution in [0.5, 0.6) is 0 Å². The fourth-order valence-electron chi connectivity index (χ4n) is 3.57. The van der Waals surface area contributed by atoms with Crippen molar-refractivity contribution < 1.29 is 84.6 Å². The van der Waals surface area contributed by atoms with E-state index in [1.807, 2.05) is 84.9 Å². The fraction of sp³-hybridized carbons (Fsp3) is 0. The summed E-state index contributed by atoms with van der Waals surface area (Å²) in [5, 5.41) is 0.347. The number of halogens is 14. The molecular formula is C48H32At2Br2Cl2F8I2. The Morgan fingerprint density at radius 3 is 0.891 bits per heavy atom. The van der Waals surface area contributed by atoms with E-state index in [1.54, 1.807) is 47.3 Å². The summed E-state index contributed by atoms with van der Waals surface area (Å²) in [4.78, 5) is 0. The van der Waals surface area contributed by atoms with Crippen LogP contribution >= 0.6 is 100 Å². The molecule has 0 heterocycles. The quantitative estimate of drug-likeness (QED) is 0.0806. The van der Waals surface area contributed by atoms with Crippen molar-refractivity contribution in [2.75, 3.05) is 0 Å². The molecule has 0 radical (unpaired) electrons. The van der Waals surface area contributed by atoms with Gasteiger partial charge in [-0.1, -0.05) is 112 Å². The number of hydrogen-bond donors (Lipinski definition) is 0. The van der Waals surface area contributed by atoms with Crippen LogP contribution in [0.2, 0.25) is 10.0 Å². The molecule has 0 aliphatic heterocycles. The summed E-state index contributed by atoms with van der Waals surface area (Å²) < 4.78 is 102. The third-order valence-corrected chi connectivity index (χ3v) is 12.6. The Bertz CT molecular complexity index is 2060. The second kappa shape index (κ2) is 36.1. The van der Waals surface area contributed by atoms with E-state index in [1.165, 1.54) is 67.5 Å². The number of benzene rings is 8. The van der Waals surface area contributed by atoms with Gasteiger partial charge in [0.05, 0.1) is 8.04 Å². The molecule has 0 aliphatic carbocycles. The average molecular weight is 1670 g/mol. The molecule has 0 aliphatic rings. The first kappa shape index (κ1) is 60.0. The van der Waals surface area contributed by atoms with Crippen LogP contribution in [0.1, 0.15) is 0 Å². The van der Waals surface area contributed by atoms with Crippen molar-refractivity contribution in [3.8, 4) is 0 Å². The molecule has 8 aromatic rings. The monoisotopic (exact) mass is 1660 g/mol. The summed E-state index contributed by atoms with van der Waals surface area (Å²) in [5.74, 6) is -4.54. The molecule has 0 saturated heterocycles. The molecule has 0 unspecified atom stereocenters. The molecule has 0 atom stereocenters. The second-order valence-corrected chi connectivity index (χ2v) is 19.3. The normalized spacial score (nSPS) is 9.25. The van der Waals surface area contributed by atoms with E-state index in [-0.39, 0.29) is 11.3 Å². The molecular weight excluding hydrogens is 1630 g/mol. The summed E-state index contributed by atoms with van der Waals surface area (Å²) >= 11 is 23.3. The summed E-state index contributed by atoms with van der Waals surface area (Å²) in [7, 11) is 0. The molecule has 0 saturated carbocycles. The summed E-state index contributed by atoms with van der Waals surface area (Å²) in [5.41, 5.74) is 0. The Hall–Kier alpha value is -2.03. The first-order valence-electron chi connectivity index (χ1n) is 17.6. The standard InChI is InChI=1S/C6H3AtF2.C6H5At.C6H3BrF2.C6H5Br.C6H3ClF2.C6H5Cl.C6H3F2I.C6H5I/c7-6-4(8)2-1-3-5(6)9;7-6-4-2-1-3-5-6;7-6-4(8)2-1-3-5(6)9;7-6-4-2-1-3-5-6;7-6-4(8)2-1-3-5(6)9;7-6-4-2-1-3-5-6;7-4-2-1-3-5(8)6(4)9;7-6-4-2-1-3-5-6/h1-3H;1-5H;1-3H;1-5H;1-3H;1-5H;1-3H;1-5H. The van der Waals surface area contributed by atoms with Gasteiger partial charge in [-0.25, -0.2) is 26.3 Å². The average Bonchev–Trinajstić information content (AvgIpc) is 3.28. The van der Waals surface area contributed by atoms with Crippen molar-refractivity contribution in [3.05, 3.63) is 267 Å². The summed E-state index contributed by atoms with van der Waals surface area (Å²) in [6.07, 6.45) is 0. The van der Waals surface area contributed by atoms with Crippen LogP contribution in [-0.4, -0.2) is 0 Å². The topological polar surface area (TPSA) is 0 Å². The third kappa shape index (κ3) is 28.2. The van der Waals surface area contributed by atoms with Gasteiger partial charge in [-0.05, 0) is 134 Å².